The van der Waals surface area contributed by atoms with Gasteiger partial charge in [0.25, 0.3) is 0 Å². The first-order valence-electron chi connectivity index (χ1n) is 6.54. The van der Waals surface area contributed by atoms with Crippen molar-refractivity contribution in [2.45, 2.75) is 18.3 Å². The van der Waals surface area contributed by atoms with Crippen LogP contribution in [0.1, 0.15) is 24.2 Å². The van der Waals surface area contributed by atoms with E-state index in [1.165, 1.54) is 5.56 Å². The number of aromatic nitrogens is 2. The second kappa shape index (κ2) is 5.68. The van der Waals surface area contributed by atoms with Crippen molar-refractivity contribution in [1.29, 1.82) is 0 Å². The molecule has 20 heavy (non-hydrogen) atoms. The minimum absolute atomic E-state index is 0.270. The molecule has 0 aliphatic carbocycles. The van der Waals surface area contributed by atoms with E-state index in [1.807, 2.05) is 18.2 Å². The van der Waals surface area contributed by atoms with Crippen LogP contribution in [0.15, 0.2) is 36.4 Å². The highest BCUT2D eigenvalue weighted by Gasteiger charge is 2.39. The van der Waals surface area contributed by atoms with Gasteiger partial charge in [-0.25, -0.2) is 9.97 Å². The second-order valence-electron chi connectivity index (χ2n) is 4.90. The monoisotopic (exact) mass is 308 g/mol. The third kappa shape index (κ3) is 2.53. The van der Waals surface area contributed by atoms with Crippen molar-refractivity contribution in [3.8, 4) is 0 Å². The van der Waals surface area contributed by atoms with E-state index in [1.54, 1.807) is 6.07 Å². The molecule has 2 heterocycles. The highest BCUT2D eigenvalue weighted by atomic mass is 35.5. The van der Waals surface area contributed by atoms with Gasteiger partial charge < -0.3 is 4.74 Å². The number of benzene rings is 1. The zero-order valence-electron chi connectivity index (χ0n) is 10.9. The Morgan fingerprint density at radius 2 is 1.55 bits per heavy atom. The predicted molar refractivity (Wildman–Crippen MR) is 79.3 cm³/mol. The van der Waals surface area contributed by atoms with Crippen LogP contribution in [0, 0.1) is 0 Å². The Morgan fingerprint density at radius 3 is 2.15 bits per heavy atom. The third-order valence-electron chi connectivity index (χ3n) is 3.76. The van der Waals surface area contributed by atoms with Crippen LogP contribution in [-0.4, -0.2) is 23.2 Å². The molecule has 0 saturated carbocycles. The first-order valence-corrected chi connectivity index (χ1v) is 7.30. The van der Waals surface area contributed by atoms with E-state index >= 15 is 0 Å². The molecule has 5 heteroatoms. The molecule has 1 fully saturated rings. The first kappa shape index (κ1) is 13.8. The molecule has 2 aromatic rings. The van der Waals surface area contributed by atoms with Crippen LogP contribution in [0.2, 0.25) is 10.3 Å². The lowest BCUT2D eigenvalue weighted by molar-refractivity contribution is 0.0604. The van der Waals surface area contributed by atoms with E-state index in [9.17, 15) is 0 Å². The highest BCUT2D eigenvalue weighted by molar-refractivity contribution is 6.33. The lowest BCUT2D eigenvalue weighted by Crippen LogP contribution is -2.36. The Morgan fingerprint density at radius 1 is 0.950 bits per heavy atom. The second-order valence-corrected chi connectivity index (χ2v) is 5.67. The van der Waals surface area contributed by atoms with E-state index < -0.39 is 0 Å². The maximum absolute atomic E-state index is 6.05. The fraction of sp³-hybridized carbons (Fsp3) is 0.333. The quantitative estimate of drug-likeness (QED) is 0.790. The molecule has 0 N–H and O–H groups in total. The number of hydrogen-bond acceptors (Lipinski definition) is 3. The standard InChI is InChI=1S/C15H14Cl2N2O/c16-12-10-13(17)19-14(18-12)15(6-8-20-9-7-15)11-4-2-1-3-5-11/h1-5,10H,6-9H2. The van der Waals surface area contributed by atoms with Gasteiger partial charge in [-0.2, -0.15) is 0 Å². The minimum atomic E-state index is -0.270. The van der Waals surface area contributed by atoms with Crippen molar-refractivity contribution in [1.82, 2.24) is 9.97 Å². The Balaban J connectivity index is 2.15. The summed E-state index contributed by atoms with van der Waals surface area (Å²) in [5, 5.41) is 0.753. The maximum atomic E-state index is 6.05. The van der Waals surface area contributed by atoms with Crippen LogP contribution in [0.3, 0.4) is 0 Å². The molecule has 0 atom stereocenters. The van der Waals surface area contributed by atoms with Crippen molar-refractivity contribution < 1.29 is 4.74 Å². The molecule has 3 nitrogen and oxygen atoms in total. The Labute approximate surface area is 127 Å². The molecule has 0 bridgehead atoms. The zero-order chi connectivity index (χ0) is 14.0. The molecule has 1 saturated heterocycles. The van der Waals surface area contributed by atoms with E-state index in [0.29, 0.717) is 29.3 Å². The topological polar surface area (TPSA) is 35.0 Å². The Hall–Kier alpha value is -1.16. The lowest BCUT2D eigenvalue weighted by atomic mass is 9.73. The maximum Gasteiger partial charge on any atom is 0.142 e. The van der Waals surface area contributed by atoms with E-state index in [4.69, 9.17) is 27.9 Å². The molecule has 3 rings (SSSR count). The molecule has 0 amide bonds. The van der Waals surface area contributed by atoms with E-state index in [-0.39, 0.29) is 5.41 Å². The van der Waals surface area contributed by atoms with E-state index in [2.05, 4.69) is 22.1 Å². The number of ether oxygens (including phenoxy) is 1. The molecular weight excluding hydrogens is 295 g/mol. The van der Waals surface area contributed by atoms with Crippen LogP contribution in [0.4, 0.5) is 0 Å². The summed E-state index contributed by atoms with van der Waals surface area (Å²) in [7, 11) is 0. The van der Waals surface area contributed by atoms with Crippen LogP contribution < -0.4 is 0 Å². The predicted octanol–water partition coefficient (Wildman–Crippen LogP) is 3.88. The molecule has 1 aliphatic rings. The molecule has 1 aromatic carbocycles. The van der Waals surface area contributed by atoms with Crippen molar-refractivity contribution in [3.05, 3.63) is 58.1 Å². The summed E-state index contributed by atoms with van der Waals surface area (Å²) in [5.41, 5.74) is 0.912. The van der Waals surface area contributed by atoms with Crippen molar-refractivity contribution in [3.63, 3.8) is 0 Å². The van der Waals surface area contributed by atoms with Gasteiger partial charge in [-0.15, -0.1) is 0 Å². The minimum Gasteiger partial charge on any atom is -0.381 e. The summed E-state index contributed by atoms with van der Waals surface area (Å²) >= 11 is 12.1. The van der Waals surface area contributed by atoms with Gasteiger partial charge in [0.2, 0.25) is 0 Å². The average Bonchev–Trinajstić information content (AvgIpc) is 2.48. The fourth-order valence-corrected chi connectivity index (χ4v) is 3.15. The number of hydrogen-bond donors (Lipinski definition) is 0. The average molecular weight is 309 g/mol. The van der Waals surface area contributed by atoms with Gasteiger partial charge in [-0.1, -0.05) is 53.5 Å². The van der Waals surface area contributed by atoms with Crippen molar-refractivity contribution >= 4 is 23.2 Å². The van der Waals surface area contributed by atoms with Crippen LogP contribution in [0.5, 0.6) is 0 Å². The lowest BCUT2D eigenvalue weighted by Gasteiger charge is -2.36. The Bertz CT molecular complexity index is 578. The third-order valence-corrected chi connectivity index (χ3v) is 4.15. The molecule has 104 valence electrons. The SMILES string of the molecule is Clc1cc(Cl)nc(C2(c3ccccc3)CCOCC2)n1. The molecule has 1 aliphatic heterocycles. The molecule has 0 radical (unpaired) electrons. The van der Waals surface area contributed by atoms with Gasteiger partial charge in [0.15, 0.2) is 0 Å². The van der Waals surface area contributed by atoms with Crippen molar-refractivity contribution in [2.75, 3.05) is 13.2 Å². The summed E-state index contributed by atoms with van der Waals surface area (Å²) in [6.07, 6.45) is 1.65. The van der Waals surface area contributed by atoms with Gasteiger partial charge in [-0.3, -0.25) is 0 Å². The fourth-order valence-electron chi connectivity index (χ4n) is 2.72. The van der Waals surface area contributed by atoms with Crippen LogP contribution in [-0.2, 0) is 10.2 Å². The summed E-state index contributed by atoms with van der Waals surface area (Å²) < 4.78 is 5.51. The number of rotatable bonds is 2. The summed E-state index contributed by atoms with van der Waals surface area (Å²) in [5.74, 6) is 0.685. The normalized spacial score (nSPS) is 17.9. The number of nitrogens with zero attached hydrogens (tertiary/aromatic N) is 2. The van der Waals surface area contributed by atoms with Gasteiger partial charge in [0, 0.05) is 19.3 Å². The van der Waals surface area contributed by atoms with Crippen LogP contribution in [0.25, 0.3) is 0 Å². The van der Waals surface area contributed by atoms with Gasteiger partial charge in [0.1, 0.15) is 16.1 Å². The van der Waals surface area contributed by atoms with Gasteiger partial charge in [0.05, 0.1) is 5.41 Å². The zero-order valence-corrected chi connectivity index (χ0v) is 12.4. The molecule has 1 aromatic heterocycles. The largest absolute Gasteiger partial charge is 0.381 e. The van der Waals surface area contributed by atoms with Crippen molar-refractivity contribution in [2.24, 2.45) is 0 Å². The number of halogens is 2. The molecular formula is C15H14Cl2N2O. The summed E-state index contributed by atoms with van der Waals surface area (Å²) in [6.45, 7) is 1.37. The smallest absolute Gasteiger partial charge is 0.142 e. The summed E-state index contributed by atoms with van der Waals surface area (Å²) in [4.78, 5) is 8.84. The van der Waals surface area contributed by atoms with Crippen LogP contribution >= 0.6 is 23.2 Å². The first-order chi connectivity index (χ1) is 9.71. The Kier molecular flexibility index (Phi) is 3.92. The summed E-state index contributed by atoms with van der Waals surface area (Å²) in [6, 6.07) is 11.8. The molecule has 0 spiro atoms. The molecule has 0 unspecified atom stereocenters. The van der Waals surface area contributed by atoms with Gasteiger partial charge >= 0.3 is 0 Å². The van der Waals surface area contributed by atoms with E-state index in [0.717, 1.165) is 12.8 Å². The van der Waals surface area contributed by atoms with Gasteiger partial charge in [-0.05, 0) is 18.4 Å². The highest BCUT2D eigenvalue weighted by Crippen LogP contribution is 2.40.